The SMILES string of the molecule is COC(=O)CC(NC(=O)c1ccncc1F)c1cccs1. The number of halogens is 1. The minimum atomic E-state index is -0.710. The van der Waals surface area contributed by atoms with Gasteiger partial charge in [0.25, 0.3) is 5.91 Å². The molecule has 110 valence electrons. The topological polar surface area (TPSA) is 68.3 Å². The Morgan fingerprint density at radius 2 is 2.29 bits per heavy atom. The lowest BCUT2D eigenvalue weighted by Gasteiger charge is -2.16. The van der Waals surface area contributed by atoms with Crippen LogP contribution in [0.4, 0.5) is 4.39 Å². The van der Waals surface area contributed by atoms with Gasteiger partial charge in [-0.25, -0.2) is 4.39 Å². The van der Waals surface area contributed by atoms with Crippen molar-refractivity contribution in [1.29, 1.82) is 0 Å². The third-order valence-electron chi connectivity index (χ3n) is 2.81. The molecule has 0 fully saturated rings. The van der Waals surface area contributed by atoms with Crippen molar-refractivity contribution in [3.63, 3.8) is 0 Å². The standard InChI is InChI=1S/C14H13FN2O3S/c1-20-13(18)7-11(12-3-2-6-21-12)17-14(19)9-4-5-16-8-10(9)15/h2-6,8,11H,7H2,1H3,(H,17,19). The van der Waals surface area contributed by atoms with Gasteiger partial charge in [0.1, 0.15) is 0 Å². The Labute approximate surface area is 124 Å². The Balaban J connectivity index is 2.17. The zero-order valence-electron chi connectivity index (χ0n) is 11.2. The fourth-order valence-electron chi connectivity index (χ4n) is 1.76. The largest absolute Gasteiger partial charge is 0.469 e. The molecule has 1 atom stereocenters. The van der Waals surface area contributed by atoms with E-state index in [-0.39, 0.29) is 12.0 Å². The van der Waals surface area contributed by atoms with Gasteiger partial charge in [0.15, 0.2) is 5.82 Å². The number of amides is 1. The summed E-state index contributed by atoms with van der Waals surface area (Å²) in [5.41, 5.74) is -0.114. The number of esters is 1. The van der Waals surface area contributed by atoms with Gasteiger partial charge >= 0.3 is 5.97 Å². The maximum atomic E-state index is 13.5. The normalized spacial score (nSPS) is 11.7. The average Bonchev–Trinajstić information content (AvgIpc) is 3.01. The van der Waals surface area contributed by atoms with E-state index < -0.39 is 23.7 Å². The molecular weight excluding hydrogens is 295 g/mol. The van der Waals surface area contributed by atoms with Crippen LogP contribution in [0.5, 0.6) is 0 Å². The number of thiophene rings is 1. The van der Waals surface area contributed by atoms with Crippen LogP contribution in [0.3, 0.4) is 0 Å². The molecule has 1 N–H and O–H groups in total. The molecule has 0 aliphatic heterocycles. The van der Waals surface area contributed by atoms with Crippen molar-refractivity contribution in [2.45, 2.75) is 12.5 Å². The zero-order chi connectivity index (χ0) is 15.2. The van der Waals surface area contributed by atoms with Crippen LogP contribution in [0.1, 0.15) is 27.7 Å². The Hall–Kier alpha value is -2.28. The summed E-state index contributed by atoms with van der Waals surface area (Å²) in [5, 5.41) is 4.48. The smallest absolute Gasteiger partial charge is 0.307 e. The minimum absolute atomic E-state index is 0.0184. The number of rotatable bonds is 5. The van der Waals surface area contributed by atoms with Gasteiger partial charge in [-0.1, -0.05) is 6.07 Å². The molecule has 0 aliphatic rings. The summed E-state index contributed by atoms with van der Waals surface area (Å²) in [6.45, 7) is 0. The number of pyridine rings is 1. The van der Waals surface area contributed by atoms with Crippen molar-refractivity contribution < 1.29 is 18.7 Å². The molecule has 0 saturated heterocycles. The van der Waals surface area contributed by atoms with Crippen molar-refractivity contribution >= 4 is 23.2 Å². The lowest BCUT2D eigenvalue weighted by Crippen LogP contribution is -2.30. The van der Waals surface area contributed by atoms with E-state index in [0.29, 0.717) is 0 Å². The van der Waals surface area contributed by atoms with Crippen molar-refractivity contribution in [3.8, 4) is 0 Å². The number of hydrogen-bond acceptors (Lipinski definition) is 5. The molecule has 5 nitrogen and oxygen atoms in total. The molecule has 1 amide bonds. The highest BCUT2D eigenvalue weighted by Crippen LogP contribution is 2.23. The fraction of sp³-hybridized carbons (Fsp3) is 0.214. The maximum absolute atomic E-state index is 13.5. The first-order valence-electron chi connectivity index (χ1n) is 6.12. The Bertz CT molecular complexity index is 631. The van der Waals surface area contributed by atoms with Crippen LogP contribution in [-0.4, -0.2) is 24.0 Å². The molecule has 0 aliphatic carbocycles. The Morgan fingerprint density at radius 1 is 1.48 bits per heavy atom. The summed E-state index contributed by atoms with van der Waals surface area (Å²) >= 11 is 1.40. The number of methoxy groups -OCH3 is 1. The van der Waals surface area contributed by atoms with E-state index in [1.54, 1.807) is 6.07 Å². The van der Waals surface area contributed by atoms with Crippen molar-refractivity contribution in [3.05, 3.63) is 52.2 Å². The van der Waals surface area contributed by atoms with Crippen LogP contribution >= 0.6 is 11.3 Å². The van der Waals surface area contributed by atoms with E-state index in [1.165, 1.54) is 30.7 Å². The lowest BCUT2D eigenvalue weighted by atomic mass is 10.1. The van der Waals surface area contributed by atoms with Gasteiger partial charge in [-0.15, -0.1) is 11.3 Å². The Kier molecular flexibility index (Phi) is 4.99. The molecular formula is C14H13FN2O3S. The molecule has 0 aromatic carbocycles. The molecule has 2 heterocycles. The first-order chi connectivity index (χ1) is 10.1. The molecule has 2 rings (SSSR count). The second-order valence-electron chi connectivity index (χ2n) is 4.18. The molecule has 2 aromatic rings. The van der Waals surface area contributed by atoms with Crippen LogP contribution in [0.25, 0.3) is 0 Å². The second kappa shape index (κ2) is 6.94. The summed E-state index contributed by atoms with van der Waals surface area (Å²) in [7, 11) is 1.28. The number of aromatic nitrogens is 1. The number of nitrogens with one attached hydrogen (secondary N) is 1. The zero-order valence-corrected chi connectivity index (χ0v) is 12.0. The van der Waals surface area contributed by atoms with E-state index in [4.69, 9.17) is 0 Å². The average molecular weight is 308 g/mol. The fourth-order valence-corrected chi connectivity index (χ4v) is 2.54. The van der Waals surface area contributed by atoms with Gasteiger partial charge < -0.3 is 10.1 Å². The minimum Gasteiger partial charge on any atom is -0.469 e. The van der Waals surface area contributed by atoms with Crippen molar-refractivity contribution in [1.82, 2.24) is 10.3 Å². The van der Waals surface area contributed by atoms with Crippen LogP contribution in [0.2, 0.25) is 0 Å². The van der Waals surface area contributed by atoms with Gasteiger partial charge in [0.2, 0.25) is 0 Å². The predicted octanol–water partition coefficient (Wildman–Crippen LogP) is 2.32. The number of hydrogen-bond donors (Lipinski definition) is 1. The van der Waals surface area contributed by atoms with E-state index in [1.807, 2.05) is 11.4 Å². The first-order valence-corrected chi connectivity index (χ1v) is 7.00. The highest BCUT2D eigenvalue weighted by molar-refractivity contribution is 7.10. The highest BCUT2D eigenvalue weighted by atomic mass is 32.1. The van der Waals surface area contributed by atoms with Crippen LogP contribution < -0.4 is 5.32 Å². The first kappa shape index (κ1) is 15.1. The number of ether oxygens (including phenoxy) is 1. The molecule has 7 heteroatoms. The maximum Gasteiger partial charge on any atom is 0.307 e. The second-order valence-corrected chi connectivity index (χ2v) is 5.16. The Morgan fingerprint density at radius 3 is 2.90 bits per heavy atom. The molecule has 0 bridgehead atoms. The number of carbonyl (C=O) groups excluding carboxylic acids is 2. The molecule has 2 aromatic heterocycles. The van der Waals surface area contributed by atoms with E-state index in [9.17, 15) is 14.0 Å². The number of nitrogens with zero attached hydrogens (tertiary/aromatic N) is 1. The molecule has 1 unspecified atom stereocenters. The number of carbonyl (C=O) groups is 2. The van der Waals surface area contributed by atoms with Gasteiger partial charge in [-0.3, -0.25) is 14.6 Å². The third-order valence-corrected chi connectivity index (χ3v) is 3.79. The van der Waals surface area contributed by atoms with Gasteiger partial charge in [-0.2, -0.15) is 0 Å². The van der Waals surface area contributed by atoms with Crippen molar-refractivity contribution in [2.75, 3.05) is 7.11 Å². The monoisotopic (exact) mass is 308 g/mol. The van der Waals surface area contributed by atoms with Crippen LogP contribution in [0, 0.1) is 5.82 Å². The summed E-state index contributed by atoms with van der Waals surface area (Å²) in [6, 6.07) is 4.33. The molecule has 0 saturated carbocycles. The lowest BCUT2D eigenvalue weighted by molar-refractivity contribution is -0.141. The quantitative estimate of drug-likeness (QED) is 0.861. The highest BCUT2D eigenvalue weighted by Gasteiger charge is 2.21. The molecule has 21 heavy (non-hydrogen) atoms. The molecule has 0 radical (unpaired) electrons. The van der Waals surface area contributed by atoms with E-state index in [0.717, 1.165) is 11.1 Å². The van der Waals surface area contributed by atoms with E-state index in [2.05, 4.69) is 15.0 Å². The van der Waals surface area contributed by atoms with Crippen LogP contribution in [-0.2, 0) is 9.53 Å². The van der Waals surface area contributed by atoms with Gasteiger partial charge in [-0.05, 0) is 17.5 Å². The predicted molar refractivity (Wildman–Crippen MR) is 75.4 cm³/mol. The van der Waals surface area contributed by atoms with Gasteiger partial charge in [0, 0.05) is 11.1 Å². The van der Waals surface area contributed by atoms with E-state index >= 15 is 0 Å². The summed E-state index contributed by atoms with van der Waals surface area (Å²) in [5.74, 6) is -1.76. The third kappa shape index (κ3) is 3.85. The van der Waals surface area contributed by atoms with Crippen LogP contribution in [0.15, 0.2) is 36.0 Å². The van der Waals surface area contributed by atoms with Crippen molar-refractivity contribution in [2.24, 2.45) is 0 Å². The summed E-state index contributed by atoms with van der Waals surface area (Å²) in [6.07, 6.45) is 2.28. The summed E-state index contributed by atoms with van der Waals surface area (Å²) in [4.78, 5) is 27.9. The van der Waals surface area contributed by atoms with Gasteiger partial charge in [0.05, 0.1) is 31.3 Å². The summed E-state index contributed by atoms with van der Waals surface area (Å²) < 4.78 is 18.2. The molecule has 0 spiro atoms.